The smallest absolute Gasteiger partial charge is 0.355 e. The Balaban J connectivity index is 1.60. The summed E-state index contributed by atoms with van der Waals surface area (Å²) in [6.07, 6.45) is 2.54. The highest BCUT2D eigenvalue weighted by Crippen LogP contribution is 2.44. The van der Waals surface area contributed by atoms with Crippen LogP contribution in [0.15, 0.2) is 53.7 Å². The number of carbonyl (C=O) groups is 1. The monoisotopic (exact) mass is 422 g/mol. The molecular formula is C22H25F3N2OS. The zero-order valence-electron chi connectivity index (χ0n) is 16.2. The first-order valence-corrected chi connectivity index (χ1v) is 10.8. The van der Waals surface area contributed by atoms with Crippen LogP contribution >= 0.6 is 11.8 Å². The third kappa shape index (κ3) is 5.98. The van der Waals surface area contributed by atoms with Crippen LogP contribution in [0, 0.1) is 0 Å². The minimum atomic E-state index is -4.41. The summed E-state index contributed by atoms with van der Waals surface area (Å²) in [6.45, 7) is 0.580. The molecule has 3 rings (SSSR count). The predicted molar refractivity (Wildman–Crippen MR) is 109 cm³/mol. The Bertz CT molecular complexity index is 788. The molecule has 2 aromatic rings. The molecule has 1 saturated carbocycles. The average molecular weight is 423 g/mol. The fourth-order valence-corrected chi connectivity index (χ4v) is 4.91. The number of aryl methyl sites for hydroxylation is 1. The van der Waals surface area contributed by atoms with Crippen molar-refractivity contribution in [2.24, 2.45) is 0 Å². The fraction of sp³-hybridized carbons (Fsp3) is 0.455. The molecule has 0 aliphatic heterocycles. The van der Waals surface area contributed by atoms with Gasteiger partial charge in [-0.05, 0) is 43.4 Å². The molecule has 1 heterocycles. The molecule has 3 nitrogen and oxygen atoms in total. The minimum Gasteiger partial charge on any atom is -0.355 e. The van der Waals surface area contributed by atoms with Gasteiger partial charge in [0.1, 0.15) is 4.75 Å². The van der Waals surface area contributed by atoms with Gasteiger partial charge in [-0.25, -0.2) is 4.98 Å². The van der Waals surface area contributed by atoms with E-state index in [2.05, 4.69) is 22.4 Å². The van der Waals surface area contributed by atoms with E-state index < -0.39 is 16.5 Å². The molecule has 1 aliphatic carbocycles. The van der Waals surface area contributed by atoms with E-state index in [0.717, 1.165) is 44.4 Å². The van der Waals surface area contributed by atoms with E-state index in [-0.39, 0.29) is 5.91 Å². The van der Waals surface area contributed by atoms with Crippen molar-refractivity contribution in [3.05, 3.63) is 59.8 Å². The van der Waals surface area contributed by atoms with Crippen molar-refractivity contribution in [3.8, 4) is 0 Å². The molecule has 0 unspecified atom stereocenters. The van der Waals surface area contributed by atoms with Gasteiger partial charge < -0.3 is 5.32 Å². The molecule has 0 radical (unpaired) electrons. The van der Waals surface area contributed by atoms with E-state index in [1.54, 1.807) is 0 Å². The molecule has 0 bridgehead atoms. The maximum absolute atomic E-state index is 13.0. The summed E-state index contributed by atoms with van der Waals surface area (Å²) < 4.78 is 37.6. The van der Waals surface area contributed by atoms with Crippen molar-refractivity contribution in [3.63, 3.8) is 0 Å². The molecule has 29 heavy (non-hydrogen) atoms. The number of carbonyl (C=O) groups excluding carboxylic acids is 1. The summed E-state index contributed by atoms with van der Waals surface area (Å²) in [4.78, 5) is 17.0. The van der Waals surface area contributed by atoms with Gasteiger partial charge in [0.25, 0.3) is 0 Å². The van der Waals surface area contributed by atoms with E-state index in [4.69, 9.17) is 0 Å². The van der Waals surface area contributed by atoms with Gasteiger partial charge >= 0.3 is 6.18 Å². The zero-order chi connectivity index (χ0) is 20.7. The lowest BCUT2D eigenvalue weighted by Gasteiger charge is -2.35. The van der Waals surface area contributed by atoms with Crippen molar-refractivity contribution >= 4 is 17.7 Å². The van der Waals surface area contributed by atoms with Crippen LogP contribution in [0.25, 0.3) is 0 Å². The molecule has 0 atom stereocenters. The van der Waals surface area contributed by atoms with E-state index in [9.17, 15) is 18.0 Å². The summed E-state index contributed by atoms with van der Waals surface area (Å²) in [5.74, 6) is -0.0306. The second-order valence-electron chi connectivity index (χ2n) is 7.38. The molecule has 1 fully saturated rings. The van der Waals surface area contributed by atoms with Crippen LogP contribution in [0.4, 0.5) is 13.2 Å². The number of hydrogen-bond donors (Lipinski definition) is 1. The summed E-state index contributed by atoms with van der Waals surface area (Å²) in [5, 5.41) is 3.51. The van der Waals surface area contributed by atoms with E-state index >= 15 is 0 Å². The number of hydrogen-bond acceptors (Lipinski definition) is 3. The normalized spacial score (nSPS) is 16.4. The maximum atomic E-state index is 13.0. The number of amides is 1. The van der Waals surface area contributed by atoms with Crippen LogP contribution in [-0.2, 0) is 17.4 Å². The standard InChI is InChI=1S/C22H25F3N2OS/c23-22(24,25)18-11-12-19(27-16-18)29-21(13-5-2-6-14-21)20(28)26-15-7-10-17-8-3-1-4-9-17/h1,3-4,8-9,11-12,16H,2,5-7,10,13-15H2,(H,26,28). The van der Waals surface area contributed by atoms with Gasteiger partial charge in [0.15, 0.2) is 0 Å². The highest BCUT2D eigenvalue weighted by Gasteiger charge is 2.41. The van der Waals surface area contributed by atoms with Gasteiger partial charge in [-0.1, -0.05) is 61.4 Å². The first-order valence-electron chi connectivity index (χ1n) is 9.94. The van der Waals surface area contributed by atoms with Crippen LogP contribution in [0.5, 0.6) is 0 Å². The molecule has 0 spiro atoms. The lowest BCUT2D eigenvalue weighted by molar-refractivity contribution is -0.137. The maximum Gasteiger partial charge on any atom is 0.417 e. The number of nitrogens with zero attached hydrogens (tertiary/aromatic N) is 1. The minimum absolute atomic E-state index is 0.0306. The predicted octanol–water partition coefficient (Wildman–Crippen LogP) is 5.64. The Kier molecular flexibility index (Phi) is 7.22. The van der Waals surface area contributed by atoms with Crippen molar-refractivity contribution in [2.45, 2.75) is 60.9 Å². The van der Waals surface area contributed by atoms with Crippen molar-refractivity contribution in [2.75, 3.05) is 6.54 Å². The summed E-state index contributed by atoms with van der Waals surface area (Å²) in [5.41, 5.74) is 0.461. The third-order valence-electron chi connectivity index (χ3n) is 5.21. The lowest BCUT2D eigenvalue weighted by Crippen LogP contribution is -2.46. The van der Waals surface area contributed by atoms with Crippen LogP contribution in [0.1, 0.15) is 49.7 Å². The van der Waals surface area contributed by atoms with E-state index in [1.165, 1.54) is 23.4 Å². The van der Waals surface area contributed by atoms with Crippen LogP contribution < -0.4 is 5.32 Å². The summed E-state index contributed by atoms with van der Waals surface area (Å²) in [6, 6.07) is 12.5. The number of benzene rings is 1. The average Bonchev–Trinajstić information content (AvgIpc) is 2.72. The number of aromatic nitrogens is 1. The van der Waals surface area contributed by atoms with Gasteiger partial charge in [-0.2, -0.15) is 13.2 Å². The molecular weight excluding hydrogens is 397 g/mol. The summed E-state index contributed by atoms with van der Waals surface area (Å²) in [7, 11) is 0. The highest BCUT2D eigenvalue weighted by atomic mass is 32.2. The molecule has 1 aromatic carbocycles. The third-order valence-corrected chi connectivity index (χ3v) is 6.64. The number of alkyl halides is 3. The van der Waals surface area contributed by atoms with Crippen molar-refractivity contribution in [1.82, 2.24) is 10.3 Å². The zero-order valence-corrected chi connectivity index (χ0v) is 17.0. The Morgan fingerprint density at radius 1 is 1.07 bits per heavy atom. The lowest BCUT2D eigenvalue weighted by atomic mass is 9.87. The summed E-state index contributed by atoms with van der Waals surface area (Å²) >= 11 is 1.30. The van der Waals surface area contributed by atoms with E-state index in [0.29, 0.717) is 24.4 Å². The van der Waals surface area contributed by atoms with Gasteiger partial charge in [0.2, 0.25) is 5.91 Å². The number of nitrogens with one attached hydrogen (secondary N) is 1. The molecule has 1 aromatic heterocycles. The second kappa shape index (κ2) is 9.65. The molecule has 156 valence electrons. The largest absolute Gasteiger partial charge is 0.417 e. The molecule has 7 heteroatoms. The second-order valence-corrected chi connectivity index (χ2v) is 8.79. The molecule has 0 saturated heterocycles. The molecule has 1 aliphatic rings. The van der Waals surface area contributed by atoms with Crippen LogP contribution in [0.2, 0.25) is 0 Å². The molecule has 1 N–H and O–H groups in total. The first-order chi connectivity index (χ1) is 13.9. The van der Waals surface area contributed by atoms with Gasteiger partial charge in [0, 0.05) is 12.7 Å². The van der Waals surface area contributed by atoms with Crippen molar-refractivity contribution < 1.29 is 18.0 Å². The van der Waals surface area contributed by atoms with Crippen LogP contribution in [0.3, 0.4) is 0 Å². The number of thioether (sulfide) groups is 1. The topological polar surface area (TPSA) is 42.0 Å². The Morgan fingerprint density at radius 3 is 2.41 bits per heavy atom. The number of pyridine rings is 1. The first kappa shape index (κ1) is 21.7. The Hall–Kier alpha value is -2.02. The van der Waals surface area contributed by atoms with Crippen LogP contribution in [-0.4, -0.2) is 22.2 Å². The highest BCUT2D eigenvalue weighted by molar-refractivity contribution is 8.01. The fourth-order valence-electron chi connectivity index (χ4n) is 3.61. The SMILES string of the molecule is O=C(NCCCc1ccccc1)C1(Sc2ccc(C(F)(F)F)cn2)CCCCC1. The van der Waals surface area contributed by atoms with Gasteiger partial charge in [0.05, 0.1) is 10.6 Å². The van der Waals surface area contributed by atoms with Crippen molar-refractivity contribution in [1.29, 1.82) is 0 Å². The van der Waals surface area contributed by atoms with Gasteiger partial charge in [-0.3, -0.25) is 4.79 Å². The number of rotatable bonds is 7. The quantitative estimate of drug-likeness (QED) is 0.587. The Morgan fingerprint density at radius 2 is 1.79 bits per heavy atom. The Labute approximate surface area is 173 Å². The molecule has 1 amide bonds. The number of halogens is 3. The van der Waals surface area contributed by atoms with E-state index in [1.807, 2.05) is 18.2 Å². The van der Waals surface area contributed by atoms with Gasteiger partial charge in [-0.15, -0.1) is 0 Å².